The van der Waals surface area contributed by atoms with E-state index in [1.54, 1.807) is 6.92 Å². The van der Waals surface area contributed by atoms with Crippen molar-refractivity contribution in [1.29, 1.82) is 5.26 Å². The van der Waals surface area contributed by atoms with Gasteiger partial charge < -0.3 is 5.11 Å². The van der Waals surface area contributed by atoms with Gasteiger partial charge in [0.05, 0.1) is 6.07 Å². The molecular weight excluding hydrogens is 202 g/mol. The van der Waals surface area contributed by atoms with Gasteiger partial charge in [0.2, 0.25) is 0 Å². The highest BCUT2D eigenvalue weighted by atomic mass is 32.2. The molecule has 4 nitrogen and oxygen atoms in total. The Balaban J connectivity index is 3.11. The Morgan fingerprint density at radius 3 is 2.43 bits per heavy atom. The SMILES string of the molecule is C[C@H]1C[C@H](CO)C[C@@]1(C#N)S(C)(=O)=O. The maximum absolute atomic E-state index is 11.6. The molecule has 80 valence electrons. The fraction of sp³-hybridized carbons (Fsp3) is 0.889. The van der Waals surface area contributed by atoms with Crippen LogP contribution in [-0.4, -0.2) is 31.1 Å². The van der Waals surface area contributed by atoms with Gasteiger partial charge in [-0.2, -0.15) is 5.26 Å². The molecule has 0 heterocycles. The second-order valence-corrected chi connectivity index (χ2v) is 6.44. The minimum atomic E-state index is -3.38. The molecule has 0 bridgehead atoms. The molecule has 14 heavy (non-hydrogen) atoms. The summed E-state index contributed by atoms with van der Waals surface area (Å²) >= 11 is 0. The Morgan fingerprint density at radius 1 is 1.64 bits per heavy atom. The Kier molecular flexibility index (Phi) is 2.88. The molecular formula is C9H15NO3S. The number of sulfone groups is 1. The van der Waals surface area contributed by atoms with E-state index in [1.165, 1.54) is 0 Å². The molecule has 0 amide bonds. The Morgan fingerprint density at radius 2 is 2.21 bits per heavy atom. The number of rotatable bonds is 2. The van der Waals surface area contributed by atoms with Gasteiger partial charge in [-0.25, -0.2) is 8.42 Å². The molecule has 0 spiro atoms. The number of hydrogen-bond donors (Lipinski definition) is 1. The zero-order valence-electron chi connectivity index (χ0n) is 8.40. The van der Waals surface area contributed by atoms with Crippen LogP contribution < -0.4 is 0 Å². The molecule has 1 fully saturated rings. The van der Waals surface area contributed by atoms with Gasteiger partial charge in [-0.15, -0.1) is 0 Å². The van der Waals surface area contributed by atoms with E-state index in [4.69, 9.17) is 10.4 Å². The third-order valence-electron chi connectivity index (χ3n) is 3.18. The Labute approximate surface area is 84.5 Å². The highest BCUT2D eigenvalue weighted by Crippen LogP contribution is 2.44. The minimum Gasteiger partial charge on any atom is -0.396 e. The summed E-state index contributed by atoms with van der Waals surface area (Å²) in [5.74, 6) is -0.251. The highest BCUT2D eigenvalue weighted by molar-refractivity contribution is 7.92. The summed E-state index contributed by atoms with van der Waals surface area (Å²) in [6.07, 6.45) is 1.98. The summed E-state index contributed by atoms with van der Waals surface area (Å²) in [6.45, 7) is 1.73. The molecule has 1 aliphatic rings. The Hall–Kier alpha value is -0.600. The van der Waals surface area contributed by atoms with Gasteiger partial charge in [0.25, 0.3) is 0 Å². The van der Waals surface area contributed by atoms with Crippen LogP contribution in [0, 0.1) is 23.2 Å². The molecule has 0 aliphatic heterocycles. The van der Waals surface area contributed by atoms with Crippen molar-refractivity contribution < 1.29 is 13.5 Å². The van der Waals surface area contributed by atoms with Crippen LogP contribution in [0.25, 0.3) is 0 Å². The normalized spacial score (nSPS) is 38.1. The van der Waals surface area contributed by atoms with Gasteiger partial charge in [0.15, 0.2) is 14.6 Å². The van der Waals surface area contributed by atoms with Crippen LogP contribution in [-0.2, 0) is 9.84 Å². The smallest absolute Gasteiger partial charge is 0.166 e. The van der Waals surface area contributed by atoms with Crippen molar-refractivity contribution in [3.05, 3.63) is 0 Å². The summed E-state index contributed by atoms with van der Waals surface area (Å²) < 4.78 is 21.8. The van der Waals surface area contributed by atoms with Crippen LogP contribution in [0.4, 0.5) is 0 Å². The van der Waals surface area contributed by atoms with Crippen LogP contribution in [0.15, 0.2) is 0 Å². The maximum Gasteiger partial charge on any atom is 0.166 e. The molecule has 3 atom stereocenters. The number of aliphatic hydroxyl groups is 1. The van der Waals surface area contributed by atoms with E-state index in [9.17, 15) is 8.42 Å². The summed E-state index contributed by atoms with van der Waals surface area (Å²) in [6, 6.07) is 1.93. The zero-order valence-corrected chi connectivity index (χ0v) is 9.21. The lowest BCUT2D eigenvalue weighted by Gasteiger charge is -2.23. The van der Waals surface area contributed by atoms with Crippen molar-refractivity contribution in [1.82, 2.24) is 0 Å². The zero-order chi connectivity index (χ0) is 11.0. The van der Waals surface area contributed by atoms with Crippen molar-refractivity contribution in [2.45, 2.75) is 24.5 Å². The quantitative estimate of drug-likeness (QED) is 0.723. The number of aliphatic hydroxyl groups excluding tert-OH is 1. The monoisotopic (exact) mass is 217 g/mol. The van der Waals surface area contributed by atoms with Crippen LogP contribution in [0.1, 0.15) is 19.8 Å². The molecule has 0 aromatic carbocycles. The van der Waals surface area contributed by atoms with E-state index in [2.05, 4.69) is 0 Å². The van der Waals surface area contributed by atoms with Crippen molar-refractivity contribution in [3.8, 4) is 6.07 Å². The number of nitriles is 1. The predicted molar refractivity (Wildman–Crippen MR) is 52.2 cm³/mol. The van der Waals surface area contributed by atoms with Gasteiger partial charge in [0.1, 0.15) is 0 Å². The first-order chi connectivity index (χ1) is 6.37. The lowest BCUT2D eigenvalue weighted by atomic mass is 9.99. The van der Waals surface area contributed by atoms with Gasteiger partial charge in [-0.05, 0) is 24.7 Å². The van der Waals surface area contributed by atoms with Crippen LogP contribution in [0.3, 0.4) is 0 Å². The largest absolute Gasteiger partial charge is 0.396 e. The third-order valence-corrected chi connectivity index (χ3v) is 5.17. The van der Waals surface area contributed by atoms with E-state index < -0.39 is 14.6 Å². The van der Waals surface area contributed by atoms with E-state index in [0.717, 1.165) is 6.26 Å². The molecule has 0 unspecified atom stereocenters. The van der Waals surface area contributed by atoms with Crippen LogP contribution in [0.2, 0.25) is 0 Å². The lowest BCUT2D eigenvalue weighted by Crippen LogP contribution is -2.39. The molecule has 0 aromatic rings. The van der Waals surface area contributed by atoms with Crippen LogP contribution in [0.5, 0.6) is 0 Å². The first-order valence-electron chi connectivity index (χ1n) is 4.59. The fourth-order valence-corrected chi connectivity index (χ4v) is 3.83. The first-order valence-corrected chi connectivity index (χ1v) is 6.48. The first kappa shape index (κ1) is 11.5. The van der Waals surface area contributed by atoms with Crippen molar-refractivity contribution in [2.75, 3.05) is 12.9 Å². The van der Waals surface area contributed by atoms with Crippen molar-refractivity contribution >= 4 is 9.84 Å². The van der Waals surface area contributed by atoms with Gasteiger partial charge >= 0.3 is 0 Å². The van der Waals surface area contributed by atoms with Gasteiger partial charge in [0, 0.05) is 12.9 Å². The summed E-state index contributed by atoms with van der Waals surface area (Å²) in [5.41, 5.74) is 0. The van der Waals surface area contributed by atoms with Gasteiger partial charge in [-0.1, -0.05) is 6.92 Å². The molecule has 0 saturated heterocycles. The topological polar surface area (TPSA) is 78.2 Å². The number of nitrogens with zero attached hydrogens (tertiary/aromatic N) is 1. The van der Waals surface area contributed by atoms with Gasteiger partial charge in [-0.3, -0.25) is 0 Å². The van der Waals surface area contributed by atoms with E-state index >= 15 is 0 Å². The maximum atomic E-state index is 11.6. The molecule has 1 rings (SSSR count). The molecule has 0 aromatic heterocycles. The highest BCUT2D eigenvalue weighted by Gasteiger charge is 2.52. The van der Waals surface area contributed by atoms with Crippen LogP contribution >= 0.6 is 0 Å². The molecule has 1 saturated carbocycles. The number of hydrogen-bond acceptors (Lipinski definition) is 4. The lowest BCUT2D eigenvalue weighted by molar-refractivity contribution is 0.226. The second kappa shape index (κ2) is 3.52. The molecule has 5 heteroatoms. The van der Waals surface area contributed by atoms with E-state index in [-0.39, 0.29) is 24.9 Å². The molecule has 1 aliphatic carbocycles. The summed E-state index contributed by atoms with van der Waals surface area (Å²) in [7, 11) is -3.38. The predicted octanol–water partition coefficient (Wildman–Crippen LogP) is 0.332. The fourth-order valence-electron chi connectivity index (χ4n) is 2.30. The van der Waals surface area contributed by atoms with Crippen molar-refractivity contribution in [3.63, 3.8) is 0 Å². The summed E-state index contributed by atoms with van der Waals surface area (Å²) in [5, 5.41) is 18.0. The average Bonchev–Trinajstić information content (AvgIpc) is 2.42. The van der Waals surface area contributed by atoms with Crippen molar-refractivity contribution in [2.24, 2.45) is 11.8 Å². The second-order valence-electron chi connectivity index (χ2n) is 4.16. The molecule has 1 N–H and O–H groups in total. The Bertz CT molecular complexity index is 357. The minimum absolute atomic E-state index is 0.0384. The standard InChI is InChI=1S/C9H15NO3S/c1-7-3-8(5-11)4-9(7,6-10)14(2,12)13/h7-8,11H,3-5H2,1-2H3/t7-,8-,9-/m0/s1. The van der Waals surface area contributed by atoms with E-state index in [1.807, 2.05) is 6.07 Å². The third kappa shape index (κ3) is 1.53. The molecule has 0 radical (unpaired) electrons. The average molecular weight is 217 g/mol. The van der Waals surface area contributed by atoms with E-state index in [0.29, 0.717) is 6.42 Å². The summed E-state index contributed by atoms with van der Waals surface area (Å²) in [4.78, 5) is 0.